The van der Waals surface area contributed by atoms with Crippen LogP contribution in [0.25, 0.3) is 0 Å². The lowest BCUT2D eigenvalue weighted by Crippen LogP contribution is -2.44. The first kappa shape index (κ1) is 18.3. The summed E-state index contributed by atoms with van der Waals surface area (Å²) in [5.74, 6) is -0.694. The van der Waals surface area contributed by atoms with E-state index in [1.165, 1.54) is 18.7 Å². The van der Waals surface area contributed by atoms with E-state index in [0.29, 0.717) is 13.1 Å². The number of nitrogens with two attached hydrogens (primary N) is 1. The van der Waals surface area contributed by atoms with Crippen LogP contribution < -0.4 is 10.6 Å². The molecule has 2 aromatic rings. The third-order valence-electron chi connectivity index (χ3n) is 4.06. The fourth-order valence-corrected chi connectivity index (χ4v) is 4.26. The minimum atomic E-state index is -0.985. The highest BCUT2D eigenvalue weighted by Crippen LogP contribution is 2.46. The van der Waals surface area contributed by atoms with Gasteiger partial charge in [-0.15, -0.1) is 11.8 Å². The van der Waals surface area contributed by atoms with E-state index < -0.39 is 17.3 Å². The zero-order valence-electron chi connectivity index (χ0n) is 14.3. The molecule has 136 valence electrons. The predicted octanol–water partition coefficient (Wildman–Crippen LogP) is 2.46. The van der Waals surface area contributed by atoms with Crippen LogP contribution in [0, 0.1) is 0 Å². The molecule has 26 heavy (non-hydrogen) atoms. The molecule has 1 amide bonds. The van der Waals surface area contributed by atoms with Gasteiger partial charge in [0, 0.05) is 24.9 Å². The molecule has 0 bridgehead atoms. The van der Waals surface area contributed by atoms with Crippen molar-refractivity contribution in [2.75, 3.05) is 18.0 Å². The van der Waals surface area contributed by atoms with E-state index in [0.717, 1.165) is 16.1 Å². The van der Waals surface area contributed by atoms with E-state index in [-0.39, 0.29) is 11.7 Å². The Morgan fingerprint density at radius 3 is 2.58 bits per heavy atom. The monoisotopic (exact) mass is 372 g/mol. The molecule has 0 aromatic heterocycles. The second kappa shape index (κ2) is 7.80. The van der Waals surface area contributed by atoms with E-state index in [9.17, 15) is 14.7 Å². The number of fused-ring (bicyclic) bond motifs is 1. The van der Waals surface area contributed by atoms with E-state index in [4.69, 9.17) is 10.5 Å². The molecule has 2 unspecified atom stereocenters. The second-order valence-corrected chi connectivity index (χ2v) is 7.09. The maximum atomic E-state index is 13.2. The van der Waals surface area contributed by atoms with Crippen LogP contribution in [0.4, 0.5) is 5.69 Å². The Morgan fingerprint density at radius 1 is 1.23 bits per heavy atom. The summed E-state index contributed by atoms with van der Waals surface area (Å²) in [5.41, 5.74) is 7.25. The molecule has 0 saturated heterocycles. The Hall–Kier alpha value is -2.51. The highest BCUT2D eigenvalue weighted by molar-refractivity contribution is 7.99. The van der Waals surface area contributed by atoms with Crippen molar-refractivity contribution >= 4 is 29.3 Å². The fraction of sp³-hybridized carbons (Fsp3) is 0.263. The van der Waals surface area contributed by atoms with Crippen LogP contribution in [0.2, 0.25) is 0 Å². The van der Waals surface area contributed by atoms with Crippen molar-refractivity contribution < 1.29 is 19.4 Å². The first-order valence-corrected chi connectivity index (χ1v) is 9.12. The maximum Gasteiger partial charge on any atom is 0.303 e. The van der Waals surface area contributed by atoms with Gasteiger partial charge in [-0.25, -0.2) is 0 Å². The molecule has 0 saturated carbocycles. The van der Waals surface area contributed by atoms with Gasteiger partial charge in [0.2, 0.25) is 0 Å². The minimum absolute atomic E-state index is 0.132. The molecule has 0 fully saturated rings. The van der Waals surface area contributed by atoms with Crippen LogP contribution in [0.15, 0.2) is 53.4 Å². The zero-order valence-corrected chi connectivity index (χ0v) is 15.1. The molecule has 1 heterocycles. The van der Waals surface area contributed by atoms with Crippen LogP contribution in [-0.4, -0.2) is 36.2 Å². The highest BCUT2D eigenvalue weighted by Gasteiger charge is 2.40. The van der Waals surface area contributed by atoms with Gasteiger partial charge in [0.25, 0.3) is 5.91 Å². The summed E-state index contributed by atoms with van der Waals surface area (Å²) in [6, 6.07) is 14.1. The number of hydrogen-bond donors (Lipinski definition) is 2. The number of esters is 1. The Balaban J connectivity index is 2.11. The summed E-state index contributed by atoms with van der Waals surface area (Å²) in [6.07, 6.45) is -0.985. The summed E-state index contributed by atoms with van der Waals surface area (Å²) in [6.45, 7) is 1.91. The number of carbonyl (C=O) groups excluding carboxylic acids is 2. The highest BCUT2D eigenvalue weighted by atomic mass is 32.2. The first-order chi connectivity index (χ1) is 12.5. The van der Waals surface area contributed by atoms with Gasteiger partial charge < -0.3 is 20.5 Å². The second-order valence-electron chi connectivity index (χ2n) is 5.91. The number of rotatable bonds is 4. The average molecular weight is 372 g/mol. The minimum Gasteiger partial charge on any atom is -0.508 e. The lowest BCUT2D eigenvalue weighted by Gasteiger charge is -2.27. The van der Waals surface area contributed by atoms with Crippen molar-refractivity contribution in [3.05, 3.63) is 54.1 Å². The van der Waals surface area contributed by atoms with Gasteiger partial charge >= 0.3 is 5.97 Å². The van der Waals surface area contributed by atoms with Crippen molar-refractivity contribution in [1.82, 2.24) is 0 Å². The molecule has 2 atom stereocenters. The molecule has 3 N–H and O–H groups in total. The summed E-state index contributed by atoms with van der Waals surface area (Å²) in [5, 5.41) is 9.13. The summed E-state index contributed by atoms with van der Waals surface area (Å²) >= 11 is 1.46. The largest absolute Gasteiger partial charge is 0.508 e. The summed E-state index contributed by atoms with van der Waals surface area (Å²) < 4.78 is 5.43. The van der Waals surface area contributed by atoms with Crippen LogP contribution in [0.3, 0.4) is 0 Å². The van der Waals surface area contributed by atoms with Gasteiger partial charge in [0.15, 0.2) is 6.10 Å². The van der Waals surface area contributed by atoms with Gasteiger partial charge in [0.1, 0.15) is 5.75 Å². The molecule has 0 radical (unpaired) electrons. The predicted molar refractivity (Wildman–Crippen MR) is 100 cm³/mol. The molecule has 3 rings (SSSR count). The number of para-hydroxylation sites is 1. The van der Waals surface area contributed by atoms with Crippen LogP contribution >= 0.6 is 11.8 Å². The Labute approximate surface area is 155 Å². The van der Waals surface area contributed by atoms with Gasteiger partial charge in [0.05, 0.1) is 10.9 Å². The van der Waals surface area contributed by atoms with Crippen LogP contribution in [0.1, 0.15) is 17.7 Å². The number of amides is 1. The third-order valence-corrected chi connectivity index (χ3v) is 5.43. The number of nitrogens with zero attached hydrogens (tertiary/aromatic N) is 1. The number of aromatic hydroxyl groups is 1. The van der Waals surface area contributed by atoms with Crippen molar-refractivity contribution in [2.24, 2.45) is 5.73 Å². The van der Waals surface area contributed by atoms with E-state index in [1.807, 2.05) is 24.3 Å². The van der Waals surface area contributed by atoms with Crippen molar-refractivity contribution in [3.8, 4) is 5.75 Å². The maximum absolute atomic E-state index is 13.2. The normalized spacial score (nSPS) is 19.6. The van der Waals surface area contributed by atoms with Crippen LogP contribution in [-0.2, 0) is 14.3 Å². The molecular formula is C19H20N2O4S. The number of anilines is 1. The molecule has 1 aliphatic heterocycles. The first-order valence-electron chi connectivity index (χ1n) is 8.24. The molecule has 0 spiro atoms. The topological polar surface area (TPSA) is 92.9 Å². The molecule has 2 aromatic carbocycles. The smallest absolute Gasteiger partial charge is 0.303 e. The van der Waals surface area contributed by atoms with Gasteiger partial charge in [-0.05, 0) is 29.8 Å². The molecule has 7 heteroatoms. The van der Waals surface area contributed by atoms with Crippen LogP contribution in [0.5, 0.6) is 5.75 Å². The molecule has 1 aliphatic rings. The third kappa shape index (κ3) is 3.68. The summed E-state index contributed by atoms with van der Waals surface area (Å²) in [4.78, 5) is 27.4. The summed E-state index contributed by atoms with van der Waals surface area (Å²) in [7, 11) is 0. The molecule has 0 aliphatic carbocycles. The number of thioether (sulfide) groups is 1. The Bertz CT molecular complexity index is 809. The van der Waals surface area contributed by atoms with Crippen molar-refractivity contribution in [3.63, 3.8) is 0 Å². The van der Waals surface area contributed by atoms with E-state index >= 15 is 0 Å². The number of benzene rings is 2. The van der Waals surface area contributed by atoms with Gasteiger partial charge in [-0.1, -0.05) is 24.3 Å². The SMILES string of the molecule is CC(=O)OC1C(=O)N(CCN)c2ccccc2SC1c1ccc(O)cc1. The number of carbonyl (C=O) groups is 2. The number of ether oxygens (including phenoxy) is 1. The fourth-order valence-electron chi connectivity index (χ4n) is 2.94. The lowest BCUT2D eigenvalue weighted by molar-refractivity contribution is -0.152. The Kier molecular flexibility index (Phi) is 5.49. The van der Waals surface area contributed by atoms with Gasteiger partial charge in [-0.3, -0.25) is 9.59 Å². The number of phenolic OH excluding ortho intramolecular Hbond substituents is 1. The number of phenols is 1. The van der Waals surface area contributed by atoms with Gasteiger partial charge in [-0.2, -0.15) is 0 Å². The molecule has 6 nitrogen and oxygen atoms in total. The lowest BCUT2D eigenvalue weighted by atomic mass is 10.1. The van der Waals surface area contributed by atoms with Crippen molar-refractivity contribution in [1.29, 1.82) is 0 Å². The standard InChI is InChI=1S/C19H20N2O4S/c1-12(22)25-17-18(13-6-8-14(23)9-7-13)26-16-5-3-2-4-15(16)21(11-10-20)19(17)24/h2-9,17-18,23H,10-11,20H2,1H3. The van der Waals surface area contributed by atoms with Crippen molar-refractivity contribution in [2.45, 2.75) is 23.2 Å². The Morgan fingerprint density at radius 2 is 1.92 bits per heavy atom. The number of hydrogen-bond acceptors (Lipinski definition) is 6. The average Bonchev–Trinajstić information content (AvgIpc) is 2.73. The quantitative estimate of drug-likeness (QED) is 0.801. The van der Waals surface area contributed by atoms with E-state index in [2.05, 4.69) is 0 Å². The zero-order chi connectivity index (χ0) is 18.7. The molecular weight excluding hydrogens is 352 g/mol. The van der Waals surface area contributed by atoms with E-state index in [1.54, 1.807) is 29.2 Å².